The molecule has 1 atom stereocenters. The molecule has 0 radical (unpaired) electrons. The van der Waals surface area contributed by atoms with Crippen LogP contribution >= 0.6 is 0 Å². The van der Waals surface area contributed by atoms with Crippen molar-refractivity contribution in [3.63, 3.8) is 0 Å². The van der Waals surface area contributed by atoms with Gasteiger partial charge in [-0.15, -0.1) is 0 Å². The highest BCUT2D eigenvalue weighted by Crippen LogP contribution is 2.12. The first kappa shape index (κ1) is 9.96. The van der Waals surface area contributed by atoms with Gasteiger partial charge in [0, 0.05) is 6.61 Å². The second-order valence-corrected chi connectivity index (χ2v) is 3.11. The van der Waals surface area contributed by atoms with Crippen LogP contribution in [0.5, 0.6) is 0 Å². The van der Waals surface area contributed by atoms with E-state index in [1.165, 1.54) is 25.7 Å². The standard InChI is InChI=1S/C9H20O/c1-3-4-6-9(2)7-5-8-10/h9-10H,3-8H2,1-2H3/t9-/m1/s1. The van der Waals surface area contributed by atoms with Gasteiger partial charge in [0.25, 0.3) is 0 Å². The Morgan fingerprint density at radius 3 is 2.30 bits per heavy atom. The zero-order valence-electron chi connectivity index (χ0n) is 7.27. The van der Waals surface area contributed by atoms with Crippen molar-refractivity contribution in [3.05, 3.63) is 0 Å². The van der Waals surface area contributed by atoms with Gasteiger partial charge in [-0.3, -0.25) is 0 Å². The second-order valence-electron chi connectivity index (χ2n) is 3.11. The molecule has 0 fully saturated rings. The van der Waals surface area contributed by atoms with Crippen LogP contribution in [0.4, 0.5) is 0 Å². The Hall–Kier alpha value is -0.0400. The highest BCUT2D eigenvalue weighted by atomic mass is 16.2. The Morgan fingerprint density at radius 2 is 1.80 bits per heavy atom. The smallest absolute Gasteiger partial charge is 0.0431 e. The van der Waals surface area contributed by atoms with Crippen molar-refractivity contribution in [3.8, 4) is 0 Å². The molecule has 0 amide bonds. The number of aliphatic hydroxyl groups is 1. The predicted molar refractivity (Wildman–Crippen MR) is 45.0 cm³/mol. The SMILES string of the molecule is CCCC[C@@H](C)CCCO. The van der Waals surface area contributed by atoms with E-state index in [-0.39, 0.29) is 0 Å². The maximum atomic E-state index is 8.54. The van der Waals surface area contributed by atoms with E-state index in [0.717, 1.165) is 12.3 Å². The molecule has 0 aromatic carbocycles. The number of hydrogen-bond donors (Lipinski definition) is 1. The van der Waals surface area contributed by atoms with E-state index in [4.69, 9.17) is 5.11 Å². The topological polar surface area (TPSA) is 20.2 Å². The number of aliphatic hydroxyl groups excluding tert-OH is 1. The lowest BCUT2D eigenvalue weighted by molar-refractivity contribution is 0.271. The van der Waals surface area contributed by atoms with Gasteiger partial charge in [0.05, 0.1) is 0 Å². The highest BCUT2D eigenvalue weighted by molar-refractivity contribution is 4.52. The molecule has 10 heavy (non-hydrogen) atoms. The van der Waals surface area contributed by atoms with Gasteiger partial charge >= 0.3 is 0 Å². The second kappa shape index (κ2) is 7.07. The quantitative estimate of drug-likeness (QED) is 0.607. The van der Waals surface area contributed by atoms with Crippen LogP contribution in [-0.4, -0.2) is 11.7 Å². The summed E-state index contributed by atoms with van der Waals surface area (Å²) in [5, 5.41) is 8.54. The normalized spacial score (nSPS) is 13.5. The molecule has 0 unspecified atom stereocenters. The molecule has 0 saturated carbocycles. The van der Waals surface area contributed by atoms with E-state index in [2.05, 4.69) is 13.8 Å². The van der Waals surface area contributed by atoms with Gasteiger partial charge in [-0.05, 0) is 18.8 Å². The third kappa shape index (κ3) is 6.09. The molecule has 0 aliphatic rings. The fraction of sp³-hybridized carbons (Fsp3) is 1.00. The molecule has 1 heteroatoms. The fourth-order valence-electron chi connectivity index (χ4n) is 1.14. The van der Waals surface area contributed by atoms with Crippen molar-refractivity contribution in [2.24, 2.45) is 5.92 Å². The van der Waals surface area contributed by atoms with E-state index in [1.54, 1.807) is 0 Å². The minimum atomic E-state index is 0.358. The van der Waals surface area contributed by atoms with E-state index in [9.17, 15) is 0 Å². The van der Waals surface area contributed by atoms with Crippen LogP contribution in [-0.2, 0) is 0 Å². The minimum absolute atomic E-state index is 0.358. The van der Waals surface area contributed by atoms with Crippen LogP contribution in [0.1, 0.15) is 46.0 Å². The van der Waals surface area contributed by atoms with E-state index >= 15 is 0 Å². The number of rotatable bonds is 6. The highest BCUT2D eigenvalue weighted by Gasteiger charge is 1.99. The van der Waals surface area contributed by atoms with Gasteiger partial charge in [0.15, 0.2) is 0 Å². The minimum Gasteiger partial charge on any atom is -0.396 e. The van der Waals surface area contributed by atoms with Crippen molar-refractivity contribution in [2.45, 2.75) is 46.0 Å². The molecule has 0 saturated heterocycles. The molecule has 0 aromatic heterocycles. The predicted octanol–water partition coefficient (Wildman–Crippen LogP) is 2.59. The van der Waals surface area contributed by atoms with Gasteiger partial charge in [-0.1, -0.05) is 33.1 Å². The van der Waals surface area contributed by atoms with Crippen molar-refractivity contribution in [2.75, 3.05) is 6.61 Å². The van der Waals surface area contributed by atoms with Crippen molar-refractivity contribution >= 4 is 0 Å². The lowest BCUT2D eigenvalue weighted by Crippen LogP contribution is -1.95. The molecule has 0 aliphatic heterocycles. The Balaban J connectivity index is 3.00. The zero-order valence-corrected chi connectivity index (χ0v) is 7.27. The summed E-state index contributed by atoms with van der Waals surface area (Å²) in [5.41, 5.74) is 0. The summed E-state index contributed by atoms with van der Waals surface area (Å²) < 4.78 is 0. The molecule has 0 spiro atoms. The molecule has 0 aromatic rings. The summed E-state index contributed by atoms with van der Waals surface area (Å²) in [4.78, 5) is 0. The molecular weight excluding hydrogens is 124 g/mol. The number of hydrogen-bond acceptors (Lipinski definition) is 1. The average molecular weight is 144 g/mol. The van der Waals surface area contributed by atoms with Crippen LogP contribution in [0.3, 0.4) is 0 Å². The summed E-state index contributed by atoms with van der Waals surface area (Å²) in [6.45, 7) is 4.85. The molecule has 0 bridgehead atoms. The largest absolute Gasteiger partial charge is 0.396 e. The lowest BCUT2D eigenvalue weighted by Gasteiger charge is -2.08. The maximum Gasteiger partial charge on any atom is 0.0431 e. The Kier molecular flexibility index (Phi) is 7.04. The van der Waals surface area contributed by atoms with Crippen LogP contribution in [0, 0.1) is 5.92 Å². The van der Waals surface area contributed by atoms with Crippen LogP contribution < -0.4 is 0 Å². The van der Waals surface area contributed by atoms with Crippen molar-refractivity contribution < 1.29 is 5.11 Å². The maximum absolute atomic E-state index is 8.54. The molecule has 0 aliphatic carbocycles. The molecular formula is C9H20O. The van der Waals surface area contributed by atoms with E-state index in [0.29, 0.717) is 6.61 Å². The summed E-state index contributed by atoms with van der Waals surface area (Å²) in [5.74, 6) is 0.812. The van der Waals surface area contributed by atoms with E-state index < -0.39 is 0 Å². The van der Waals surface area contributed by atoms with Crippen molar-refractivity contribution in [1.82, 2.24) is 0 Å². The van der Waals surface area contributed by atoms with E-state index in [1.807, 2.05) is 0 Å². The van der Waals surface area contributed by atoms with Crippen LogP contribution in [0.15, 0.2) is 0 Å². The Labute approximate surface area is 64.5 Å². The first-order valence-electron chi connectivity index (χ1n) is 4.42. The summed E-state index contributed by atoms with van der Waals surface area (Å²) in [7, 11) is 0. The van der Waals surface area contributed by atoms with Crippen molar-refractivity contribution in [1.29, 1.82) is 0 Å². The molecule has 0 heterocycles. The molecule has 62 valence electrons. The van der Waals surface area contributed by atoms with Gasteiger partial charge in [0.2, 0.25) is 0 Å². The number of unbranched alkanes of at least 4 members (excludes halogenated alkanes) is 1. The third-order valence-corrected chi connectivity index (χ3v) is 1.91. The summed E-state index contributed by atoms with van der Waals surface area (Å²) in [6.07, 6.45) is 6.13. The van der Waals surface area contributed by atoms with Crippen LogP contribution in [0.2, 0.25) is 0 Å². The van der Waals surface area contributed by atoms with Gasteiger partial charge in [-0.2, -0.15) is 0 Å². The van der Waals surface area contributed by atoms with Gasteiger partial charge < -0.3 is 5.11 Å². The molecule has 1 nitrogen and oxygen atoms in total. The van der Waals surface area contributed by atoms with Gasteiger partial charge in [0.1, 0.15) is 0 Å². The van der Waals surface area contributed by atoms with Gasteiger partial charge in [-0.25, -0.2) is 0 Å². The monoisotopic (exact) mass is 144 g/mol. The average Bonchev–Trinajstić information content (AvgIpc) is 1.97. The first-order valence-corrected chi connectivity index (χ1v) is 4.42. The van der Waals surface area contributed by atoms with Crippen LogP contribution in [0.25, 0.3) is 0 Å². The first-order chi connectivity index (χ1) is 4.81. The summed E-state index contributed by atoms with van der Waals surface area (Å²) in [6, 6.07) is 0. The molecule has 0 rings (SSSR count). The zero-order chi connectivity index (χ0) is 7.82. The lowest BCUT2D eigenvalue weighted by atomic mass is 9.99. The molecule has 1 N–H and O–H groups in total. The fourth-order valence-corrected chi connectivity index (χ4v) is 1.14. The summed E-state index contributed by atoms with van der Waals surface area (Å²) >= 11 is 0. The Bertz CT molecular complexity index is 53.7. The third-order valence-electron chi connectivity index (χ3n) is 1.91. The Morgan fingerprint density at radius 1 is 1.20 bits per heavy atom.